The van der Waals surface area contributed by atoms with Gasteiger partial charge in [0.25, 0.3) is 0 Å². The van der Waals surface area contributed by atoms with Gasteiger partial charge in [-0.15, -0.1) is 0 Å². The van der Waals surface area contributed by atoms with Crippen LogP contribution in [0.1, 0.15) is 64.2 Å². The maximum Gasteiger partial charge on any atom is 0.139 e. The summed E-state index contributed by atoms with van der Waals surface area (Å²) in [5.74, 6) is 0.636. The van der Waals surface area contributed by atoms with Crippen molar-refractivity contribution in [2.45, 2.75) is 64.2 Å². The third kappa shape index (κ3) is 0.888. The van der Waals surface area contributed by atoms with Crippen molar-refractivity contribution in [2.24, 2.45) is 10.8 Å². The quantitative estimate of drug-likeness (QED) is 0.574. The molecular formula is C13H20O. The molecule has 0 heterocycles. The van der Waals surface area contributed by atoms with E-state index in [1.807, 2.05) is 0 Å². The fourth-order valence-electron chi connectivity index (χ4n) is 4.70. The van der Waals surface area contributed by atoms with E-state index in [2.05, 4.69) is 0 Å². The molecule has 0 N–H and O–H groups in total. The molecule has 0 aliphatic heterocycles. The summed E-state index contributed by atoms with van der Waals surface area (Å²) in [6.45, 7) is 0. The zero-order chi connectivity index (χ0) is 9.65. The smallest absolute Gasteiger partial charge is 0.139 e. The fourth-order valence-corrected chi connectivity index (χ4v) is 4.70. The Bertz CT molecular complexity index is 254. The van der Waals surface area contributed by atoms with Crippen LogP contribution >= 0.6 is 0 Å². The standard InChI is InChI=1S/C13H20O/c14-11-5-10-12-6-1-3-8-13(11,12)9-4-2-7-12/h1-10H2. The molecule has 0 aromatic heterocycles. The second-order valence-corrected chi connectivity index (χ2v) is 5.70. The van der Waals surface area contributed by atoms with Crippen LogP contribution in [0.3, 0.4) is 0 Å². The topological polar surface area (TPSA) is 17.1 Å². The van der Waals surface area contributed by atoms with E-state index < -0.39 is 0 Å². The molecule has 0 aromatic carbocycles. The number of carbonyl (C=O) groups excluding carboxylic acids is 1. The van der Waals surface area contributed by atoms with Gasteiger partial charge < -0.3 is 0 Å². The molecule has 1 nitrogen and oxygen atoms in total. The summed E-state index contributed by atoms with van der Waals surface area (Å²) >= 11 is 0. The summed E-state index contributed by atoms with van der Waals surface area (Å²) < 4.78 is 0. The summed E-state index contributed by atoms with van der Waals surface area (Å²) in [4.78, 5) is 12.2. The Kier molecular flexibility index (Phi) is 1.81. The molecule has 0 spiro atoms. The maximum atomic E-state index is 12.2. The van der Waals surface area contributed by atoms with Gasteiger partial charge in [0.05, 0.1) is 0 Å². The van der Waals surface area contributed by atoms with E-state index in [0.717, 1.165) is 6.42 Å². The average molecular weight is 192 g/mol. The van der Waals surface area contributed by atoms with Gasteiger partial charge in [-0.2, -0.15) is 0 Å². The zero-order valence-corrected chi connectivity index (χ0v) is 8.98. The van der Waals surface area contributed by atoms with Crippen LogP contribution in [0.2, 0.25) is 0 Å². The molecular weight excluding hydrogens is 172 g/mol. The minimum absolute atomic E-state index is 0.184. The van der Waals surface area contributed by atoms with Crippen LogP contribution in [0.25, 0.3) is 0 Å². The maximum absolute atomic E-state index is 12.2. The molecule has 3 saturated carbocycles. The van der Waals surface area contributed by atoms with Crippen LogP contribution in [0.5, 0.6) is 0 Å². The van der Waals surface area contributed by atoms with Crippen LogP contribution < -0.4 is 0 Å². The van der Waals surface area contributed by atoms with Crippen molar-refractivity contribution in [1.82, 2.24) is 0 Å². The van der Waals surface area contributed by atoms with Gasteiger partial charge in [-0.1, -0.05) is 25.7 Å². The molecule has 78 valence electrons. The summed E-state index contributed by atoms with van der Waals surface area (Å²) in [5.41, 5.74) is 0.671. The van der Waals surface area contributed by atoms with Crippen molar-refractivity contribution < 1.29 is 4.79 Å². The Labute approximate surface area is 86.3 Å². The van der Waals surface area contributed by atoms with Crippen molar-refractivity contribution >= 4 is 5.78 Å². The van der Waals surface area contributed by atoms with Crippen molar-refractivity contribution in [3.63, 3.8) is 0 Å². The lowest BCUT2D eigenvalue weighted by molar-refractivity contribution is -0.136. The van der Waals surface area contributed by atoms with Gasteiger partial charge >= 0.3 is 0 Å². The van der Waals surface area contributed by atoms with Gasteiger partial charge in [0.1, 0.15) is 5.78 Å². The SMILES string of the molecule is O=C1CCC23CCCCC12CCCC3. The Morgan fingerprint density at radius 1 is 0.786 bits per heavy atom. The minimum atomic E-state index is 0.184. The molecule has 1 heteroatoms. The molecule has 3 aliphatic rings. The number of ketones is 1. The predicted octanol–water partition coefficient (Wildman–Crippen LogP) is 3.47. The minimum Gasteiger partial charge on any atom is -0.299 e. The normalized spacial score (nSPS) is 47.3. The lowest BCUT2D eigenvalue weighted by Crippen LogP contribution is -2.46. The van der Waals surface area contributed by atoms with Crippen LogP contribution in [0.4, 0.5) is 0 Å². The highest BCUT2D eigenvalue weighted by Crippen LogP contribution is 2.65. The summed E-state index contributed by atoms with van der Waals surface area (Å²) in [7, 11) is 0. The van der Waals surface area contributed by atoms with Crippen LogP contribution in [0.15, 0.2) is 0 Å². The average Bonchev–Trinajstić information content (AvgIpc) is 2.54. The Hall–Kier alpha value is -0.330. The van der Waals surface area contributed by atoms with E-state index in [9.17, 15) is 4.79 Å². The van der Waals surface area contributed by atoms with Crippen molar-refractivity contribution in [3.05, 3.63) is 0 Å². The van der Waals surface area contributed by atoms with E-state index >= 15 is 0 Å². The molecule has 0 amide bonds. The highest BCUT2D eigenvalue weighted by atomic mass is 16.1. The Morgan fingerprint density at radius 2 is 1.36 bits per heavy atom. The molecule has 0 atom stereocenters. The predicted molar refractivity (Wildman–Crippen MR) is 56.0 cm³/mol. The Balaban J connectivity index is 2.04. The summed E-state index contributed by atoms with van der Waals surface area (Å²) in [6, 6.07) is 0. The van der Waals surface area contributed by atoms with Crippen molar-refractivity contribution in [1.29, 1.82) is 0 Å². The lowest BCUT2D eigenvalue weighted by Gasteiger charge is -2.51. The second kappa shape index (κ2) is 2.84. The number of rotatable bonds is 0. The highest BCUT2D eigenvalue weighted by Gasteiger charge is 2.60. The number of Topliss-reactive ketones (excluding diaryl/α,β-unsaturated/α-hetero) is 1. The molecule has 0 bridgehead atoms. The molecule has 3 rings (SSSR count). The van der Waals surface area contributed by atoms with Crippen LogP contribution in [0, 0.1) is 10.8 Å². The van der Waals surface area contributed by atoms with Gasteiger partial charge in [-0.3, -0.25) is 4.79 Å². The van der Waals surface area contributed by atoms with E-state index in [0.29, 0.717) is 11.2 Å². The van der Waals surface area contributed by atoms with Gasteiger partial charge in [0.2, 0.25) is 0 Å². The first kappa shape index (κ1) is 8.94. The van der Waals surface area contributed by atoms with Crippen LogP contribution in [-0.2, 0) is 4.79 Å². The molecule has 3 fully saturated rings. The van der Waals surface area contributed by atoms with Crippen LogP contribution in [-0.4, -0.2) is 5.78 Å². The molecule has 0 radical (unpaired) electrons. The van der Waals surface area contributed by atoms with Gasteiger partial charge in [-0.05, 0) is 37.5 Å². The number of hydrogen-bond acceptors (Lipinski definition) is 1. The first-order chi connectivity index (χ1) is 6.79. The summed E-state index contributed by atoms with van der Waals surface area (Å²) in [6.07, 6.45) is 12.7. The third-order valence-corrected chi connectivity index (χ3v) is 5.40. The van der Waals surface area contributed by atoms with E-state index in [1.54, 1.807) is 0 Å². The lowest BCUT2D eigenvalue weighted by atomic mass is 9.51. The molecule has 14 heavy (non-hydrogen) atoms. The number of hydrogen-bond donors (Lipinski definition) is 0. The fraction of sp³-hybridized carbons (Fsp3) is 0.923. The summed E-state index contributed by atoms with van der Waals surface area (Å²) in [5, 5.41) is 0. The first-order valence-corrected chi connectivity index (χ1v) is 6.33. The van der Waals surface area contributed by atoms with Gasteiger partial charge in [-0.25, -0.2) is 0 Å². The monoisotopic (exact) mass is 192 g/mol. The van der Waals surface area contributed by atoms with Gasteiger partial charge in [0.15, 0.2) is 0 Å². The molecule has 0 unspecified atom stereocenters. The van der Waals surface area contributed by atoms with E-state index in [1.165, 1.54) is 57.8 Å². The van der Waals surface area contributed by atoms with E-state index in [-0.39, 0.29) is 5.41 Å². The zero-order valence-electron chi connectivity index (χ0n) is 8.98. The third-order valence-electron chi connectivity index (χ3n) is 5.40. The van der Waals surface area contributed by atoms with Gasteiger partial charge in [0, 0.05) is 11.8 Å². The van der Waals surface area contributed by atoms with E-state index in [4.69, 9.17) is 0 Å². The Morgan fingerprint density at radius 3 is 1.93 bits per heavy atom. The first-order valence-electron chi connectivity index (χ1n) is 6.33. The van der Waals surface area contributed by atoms with Crippen molar-refractivity contribution in [2.75, 3.05) is 0 Å². The number of carbonyl (C=O) groups is 1. The molecule has 3 aliphatic carbocycles. The van der Waals surface area contributed by atoms with Crippen molar-refractivity contribution in [3.8, 4) is 0 Å². The molecule has 0 saturated heterocycles. The largest absolute Gasteiger partial charge is 0.299 e. The highest BCUT2D eigenvalue weighted by molar-refractivity contribution is 5.88. The second-order valence-electron chi connectivity index (χ2n) is 5.70. The molecule has 0 aromatic rings.